The zero-order valence-corrected chi connectivity index (χ0v) is 29.4. The number of carboxylic acids is 1. The molecule has 0 amide bonds. The number of aliphatic carboxylic acids is 1. The summed E-state index contributed by atoms with van der Waals surface area (Å²) in [7, 11) is -2.66. The van der Waals surface area contributed by atoms with Gasteiger partial charge in [0.05, 0.1) is 17.1 Å². The maximum Gasteiger partial charge on any atom is 0.342 e. The summed E-state index contributed by atoms with van der Waals surface area (Å²) in [5.74, 6) is -5.92. The number of carboxylic acid groups (broad SMARTS) is 1. The van der Waals surface area contributed by atoms with Gasteiger partial charge in [-0.15, -0.1) is 0 Å². The van der Waals surface area contributed by atoms with Crippen LogP contribution in [0.3, 0.4) is 0 Å². The van der Waals surface area contributed by atoms with Crippen molar-refractivity contribution in [1.82, 2.24) is 0 Å². The van der Waals surface area contributed by atoms with Gasteiger partial charge in [-0.2, -0.15) is 0 Å². The lowest BCUT2D eigenvalue weighted by atomic mass is 9.60. The van der Waals surface area contributed by atoms with Crippen molar-refractivity contribution in [3.8, 4) is 0 Å². The van der Waals surface area contributed by atoms with E-state index in [1.54, 1.807) is 0 Å². The molecule has 1 spiro atoms. The van der Waals surface area contributed by atoms with E-state index in [2.05, 4.69) is 26.8 Å². The van der Waals surface area contributed by atoms with Gasteiger partial charge in [0.1, 0.15) is 11.5 Å². The molecule has 3 aliphatic heterocycles. The first-order valence-electron chi connectivity index (χ1n) is 16.9. The van der Waals surface area contributed by atoms with E-state index in [9.17, 15) is 24.3 Å². The quantitative estimate of drug-likeness (QED) is 0.0739. The van der Waals surface area contributed by atoms with Crippen molar-refractivity contribution in [2.75, 3.05) is 0 Å². The normalized spacial score (nSPS) is 33.8. The molecule has 7 atom stereocenters. The predicted molar refractivity (Wildman–Crippen MR) is 174 cm³/mol. The van der Waals surface area contributed by atoms with Crippen LogP contribution in [0.4, 0.5) is 0 Å². The van der Waals surface area contributed by atoms with E-state index in [0.717, 1.165) is 32.1 Å². The van der Waals surface area contributed by atoms with Gasteiger partial charge in [-0.05, 0) is 75.9 Å². The summed E-state index contributed by atoms with van der Waals surface area (Å²) in [6.45, 7) is 14.1. The third-order valence-electron chi connectivity index (χ3n) is 11.2. The SMILES string of the molecule is C/C=C/CCCCC[C@@H]1C=C2[C@]34O[C@H](O[Si](C)(C)C(C)(C)C)[C@]2(C(=O)O)CC2=C(C(=O)OC2=O)[C@@H]3[C@H]1C[C@H](C(=O)CC/C=C/C)O4. The highest BCUT2D eigenvalue weighted by molar-refractivity contribution is 6.74. The topological polar surface area (TPSA) is 125 Å². The standard InChI is InChI=1S/C36H50O9Si/c1-8-10-12-13-14-16-17-22-19-27-35(32(40)41)21-24-28(31(39)42-30(24)38)29-23(22)20-26(25(37)18-15-11-9-2)43-36(27,29)44-33(35)45-46(6,7)34(3,4)5/h8-11,19,22-23,26,29,33H,12-18,20-21H2,1-7H3,(H,40,41)/b10-8+,11-9+/t22-,23+,26-,29+,33-,35-,36+/m1/s1. The third kappa shape index (κ3) is 5.63. The Morgan fingerprint density at radius 1 is 1.04 bits per heavy atom. The van der Waals surface area contributed by atoms with Crippen LogP contribution < -0.4 is 0 Å². The summed E-state index contributed by atoms with van der Waals surface area (Å²) in [5.41, 5.74) is -1.26. The van der Waals surface area contributed by atoms with Gasteiger partial charge < -0.3 is 23.7 Å². The van der Waals surface area contributed by atoms with E-state index < -0.39 is 55.7 Å². The number of ketones is 1. The van der Waals surface area contributed by atoms with Crippen LogP contribution in [-0.2, 0) is 37.8 Å². The van der Waals surface area contributed by atoms with Crippen LogP contribution in [0.1, 0.15) is 92.4 Å². The fourth-order valence-electron chi connectivity index (χ4n) is 7.79. The average molecular weight is 655 g/mol. The summed E-state index contributed by atoms with van der Waals surface area (Å²) in [6, 6.07) is 0. The Hall–Kier alpha value is -2.66. The van der Waals surface area contributed by atoms with Crippen LogP contribution in [0.5, 0.6) is 0 Å². The number of carbonyl (C=O) groups is 4. The van der Waals surface area contributed by atoms with Gasteiger partial charge in [-0.3, -0.25) is 9.59 Å². The third-order valence-corrected chi connectivity index (χ3v) is 15.7. The minimum absolute atomic E-state index is 0.0655. The van der Waals surface area contributed by atoms with Gasteiger partial charge in [0.2, 0.25) is 5.79 Å². The lowest BCUT2D eigenvalue weighted by molar-refractivity contribution is -0.311. The second-order valence-corrected chi connectivity index (χ2v) is 19.8. The van der Waals surface area contributed by atoms with Crippen molar-refractivity contribution < 1.29 is 42.9 Å². The van der Waals surface area contributed by atoms with E-state index >= 15 is 0 Å². The molecule has 10 heteroatoms. The second-order valence-electron chi connectivity index (χ2n) is 15.0. The van der Waals surface area contributed by atoms with E-state index in [1.807, 2.05) is 51.2 Å². The highest BCUT2D eigenvalue weighted by Crippen LogP contribution is 2.68. The first kappa shape index (κ1) is 34.7. The Bertz CT molecular complexity index is 1400. The lowest BCUT2D eigenvalue weighted by Crippen LogP contribution is -2.59. The van der Waals surface area contributed by atoms with E-state index in [0.29, 0.717) is 18.4 Å². The molecular weight excluding hydrogens is 604 g/mol. The maximum atomic E-state index is 13.7. The Morgan fingerprint density at radius 2 is 1.74 bits per heavy atom. The molecule has 46 heavy (non-hydrogen) atoms. The monoisotopic (exact) mass is 654 g/mol. The molecule has 5 bridgehead atoms. The van der Waals surface area contributed by atoms with Crippen LogP contribution in [0.25, 0.3) is 0 Å². The van der Waals surface area contributed by atoms with E-state index in [-0.39, 0.29) is 46.6 Å². The number of hydrogen-bond donors (Lipinski definition) is 1. The number of cyclic esters (lactones) is 2. The number of rotatable bonds is 13. The van der Waals surface area contributed by atoms with Gasteiger partial charge in [0, 0.05) is 18.4 Å². The highest BCUT2D eigenvalue weighted by atomic mass is 28.4. The minimum atomic E-state index is -2.66. The van der Waals surface area contributed by atoms with Crippen LogP contribution in [0.15, 0.2) is 47.1 Å². The average Bonchev–Trinajstić information content (AvgIpc) is 3.34. The van der Waals surface area contributed by atoms with Gasteiger partial charge in [0.25, 0.3) is 0 Å². The first-order chi connectivity index (χ1) is 21.6. The van der Waals surface area contributed by atoms with Crippen molar-refractivity contribution in [1.29, 1.82) is 0 Å². The van der Waals surface area contributed by atoms with Crippen molar-refractivity contribution in [3.63, 3.8) is 0 Å². The van der Waals surface area contributed by atoms with Crippen molar-refractivity contribution >= 4 is 32.0 Å². The van der Waals surface area contributed by atoms with Crippen LogP contribution in [-0.4, -0.2) is 55.3 Å². The number of hydrogen-bond acceptors (Lipinski definition) is 8. The Balaban J connectivity index is 1.67. The molecule has 0 saturated carbocycles. The Morgan fingerprint density at radius 3 is 2.39 bits per heavy atom. The van der Waals surface area contributed by atoms with E-state index in [1.165, 1.54) is 0 Å². The minimum Gasteiger partial charge on any atom is -0.480 e. The van der Waals surface area contributed by atoms with Gasteiger partial charge >= 0.3 is 17.9 Å². The Kier molecular flexibility index (Phi) is 9.61. The fraction of sp³-hybridized carbons (Fsp3) is 0.667. The van der Waals surface area contributed by atoms with Gasteiger partial charge in [0.15, 0.2) is 20.4 Å². The molecule has 5 rings (SSSR count). The number of esters is 2. The Labute approximate surface area is 273 Å². The summed E-state index contributed by atoms with van der Waals surface area (Å²) >= 11 is 0. The largest absolute Gasteiger partial charge is 0.480 e. The zero-order valence-electron chi connectivity index (χ0n) is 28.4. The molecule has 0 aromatic rings. The van der Waals surface area contributed by atoms with Gasteiger partial charge in [-0.1, -0.05) is 64.0 Å². The molecule has 0 aromatic heterocycles. The molecule has 252 valence electrons. The molecule has 0 radical (unpaired) electrons. The molecule has 0 unspecified atom stereocenters. The summed E-state index contributed by atoms with van der Waals surface area (Å²) in [5, 5.41) is 10.9. The zero-order chi connectivity index (χ0) is 33.7. The predicted octanol–water partition coefficient (Wildman–Crippen LogP) is 6.95. The fourth-order valence-corrected chi connectivity index (χ4v) is 8.93. The van der Waals surface area contributed by atoms with Crippen molar-refractivity contribution in [2.24, 2.45) is 23.2 Å². The molecule has 1 N–H and O–H groups in total. The molecule has 9 nitrogen and oxygen atoms in total. The second kappa shape index (κ2) is 12.7. The lowest BCUT2D eigenvalue weighted by Gasteiger charge is -2.53. The number of unbranched alkanes of at least 4 members (excludes halogenated alkanes) is 3. The molecular formula is C36H50O9Si. The molecule has 5 aliphatic rings. The first-order valence-corrected chi connectivity index (χ1v) is 19.8. The molecule has 2 saturated heterocycles. The molecule has 0 aromatic carbocycles. The number of allylic oxidation sites excluding steroid dienone is 5. The van der Waals surface area contributed by atoms with Crippen LogP contribution in [0, 0.1) is 23.2 Å². The molecule has 2 aliphatic carbocycles. The summed E-state index contributed by atoms with van der Waals surface area (Å²) in [6.07, 6.45) is 13.3. The van der Waals surface area contributed by atoms with Crippen LogP contribution >= 0.6 is 0 Å². The molecule has 2 fully saturated rings. The van der Waals surface area contributed by atoms with E-state index in [4.69, 9.17) is 18.6 Å². The van der Waals surface area contributed by atoms with Gasteiger partial charge in [-0.25, -0.2) is 9.59 Å². The van der Waals surface area contributed by atoms with Crippen molar-refractivity contribution in [2.45, 2.75) is 129 Å². The summed E-state index contributed by atoms with van der Waals surface area (Å²) < 4.78 is 25.5. The number of carbonyl (C=O) groups excluding carboxylic acids is 3. The highest BCUT2D eigenvalue weighted by Gasteiger charge is 2.77. The van der Waals surface area contributed by atoms with Crippen LogP contribution in [0.2, 0.25) is 18.1 Å². The maximum absolute atomic E-state index is 13.7. The smallest absolute Gasteiger partial charge is 0.342 e. The molecule has 3 heterocycles. The number of ether oxygens (including phenoxy) is 3. The summed E-state index contributed by atoms with van der Waals surface area (Å²) in [4.78, 5) is 54.2. The number of Topliss-reactive ketones (excluding diaryl/α,β-unsaturated/α-hetero) is 1. The van der Waals surface area contributed by atoms with Crippen molar-refractivity contribution in [3.05, 3.63) is 47.1 Å².